The second kappa shape index (κ2) is 8.93. The van der Waals surface area contributed by atoms with Gasteiger partial charge in [-0.2, -0.15) is 5.10 Å². The van der Waals surface area contributed by atoms with Gasteiger partial charge in [0.1, 0.15) is 18.5 Å². The first-order chi connectivity index (χ1) is 15.2. The van der Waals surface area contributed by atoms with Gasteiger partial charge in [0.05, 0.1) is 19.2 Å². The number of hydrogen-bond donors (Lipinski definition) is 1. The van der Waals surface area contributed by atoms with E-state index in [1.807, 2.05) is 0 Å². The summed E-state index contributed by atoms with van der Waals surface area (Å²) in [6.45, 7) is -0.108. The van der Waals surface area contributed by atoms with Crippen molar-refractivity contribution >= 4 is 5.91 Å². The van der Waals surface area contributed by atoms with Crippen molar-refractivity contribution in [3.05, 3.63) is 41.1 Å². The molecule has 1 aromatic heterocycles. The number of nitrogens with one attached hydrogen (secondary N) is 1. The van der Waals surface area contributed by atoms with Crippen LogP contribution in [0.15, 0.2) is 24.3 Å². The van der Waals surface area contributed by atoms with E-state index in [-0.39, 0.29) is 43.6 Å². The van der Waals surface area contributed by atoms with Gasteiger partial charge in [-0.25, -0.2) is 13.5 Å². The number of amides is 1. The van der Waals surface area contributed by atoms with Crippen LogP contribution in [0.25, 0.3) is 0 Å². The van der Waals surface area contributed by atoms with Crippen molar-refractivity contribution in [3.63, 3.8) is 0 Å². The van der Waals surface area contributed by atoms with E-state index in [2.05, 4.69) is 15.2 Å². The van der Waals surface area contributed by atoms with Crippen molar-refractivity contribution in [1.82, 2.24) is 15.1 Å². The molecule has 0 saturated carbocycles. The monoisotopic (exact) mass is 461 g/mol. The molecule has 4 rings (SSSR count). The molecule has 1 amide bonds. The first-order valence-corrected chi connectivity index (χ1v) is 9.95. The molecule has 0 bridgehead atoms. The lowest BCUT2D eigenvalue weighted by molar-refractivity contribution is -0.325. The Morgan fingerprint density at radius 3 is 2.84 bits per heavy atom. The van der Waals surface area contributed by atoms with Crippen LogP contribution in [0.1, 0.15) is 28.0 Å². The summed E-state index contributed by atoms with van der Waals surface area (Å²) in [7, 11) is 0. The first-order valence-electron chi connectivity index (χ1n) is 9.95. The Kier molecular flexibility index (Phi) is 6.22. The van der Waals surface area contributed by atoms with Crippen molar-refractivity contribution in [3.8, 4) is 11.6 Å². The smallest absolute Gasteiger partial charge is 0.491 e. The predicted molar refractivity (Wildman–Crippen MR) is 99.9 cm³/mol. The molecule has 3 heterocycles. The number of nitrogens with zero attached hydrogens (tertiary/aromatic N) is 2. The predicted octanol–water partition coefficient (Wildman–Crippen LogP) is 3.11. The summed E-state index contributed by atoms with van der Waals surface area (Å²) >= 11 is 0. The molecule has 7 nitrogen and oxygen atoms in total. The number of aromatic nitrogens is 2. The summed E-state index contributed by atoms with van der Waals surface area (Å²) in [6.07, 6.45) is -7.57. The van der Waals surface area contributed by atoms with E-state index in [9.17, 15) is 26.7 Å². The number of hydrogen-bond acceptors (Lipinski definition) is 5. The largest absolute Gasteiger partial charge is 0.522 e. The van der Waals surface area contributed by atoms with Crippen LogP contribution in [-0.2, 0) is 24.1 Å². The van der Waals surface area contributed by atoms with E-state index in [0.717, 1.165) is 5.56 Å². The molecule has 0 unspecified atom stereocenters. The highest BCUT2D eigenvalue weighted by Gasteiger charge is 2.32. The molecule has 12 heteroatoms. The van der Waals surface area contributed by atoms with E-state index >= 15 is 0 Å². The maximum Gasteiger partial charge on any atom is 0.522 e. The van der Waals surface area contributed by atoms with Crippen LogP contribution in [-0.4, -0.2) is 53.8 Å². The molecule has 0 spiro atoms. The van der Waals surface area contributed by atoms with Crippen LogP contribution in [0.5, 0.6) is 11.6 Å². The van der Waals surface area contributed by atoms with Crippen LogP contribution in [0.2, 0.25) is 0 Å². The molecule has 2 atom stereocenters. The van der Waals surface area contributed by atoms with E-state index in [1.54, 1.807) is 18.2 Å². The van der Waals surface area contributed by atoms with Crippen LogP contribution in [0.3, 0.4) is 0 Å². The van der Waals surface area contributed by atoms with Crippen molar-refractivity contribution < 1.29 is 41.0 Å². The number of carbonyl (C=O) groups excluding carboxylic acids is 1. The maximum absolute atomic E-state index is 12.6. The highest BCUT2D eigenvalue weighted by Crippen LogP contribution is 2.28. The van der Waals surface area contributed by atoms with E-state index in [0.29, 0.717) is 17.7 Å². The molecule has 0 radical (unpaired) electrons. The van der Waals surface area contributed by atoms with Gasteiger partial charge in [0, 0.05) is 18.9 Å². The topological polar surface area (TPSA) is 74.6 Å². The minimum Gasteiger partial charge on any atom is -0.491 e. The molecule has 174 valence electrons. The Labute approximate surface area is 179 Å². The molecule has 2 aliphatic heterocycles. The molecule has 0 aliphatic carbocycles. The van der Waals surface area contributed by atoms with Crippen LogP contribution in [0.4, 0.5) is 22.0 Å². The van der Waals surface area contributed by atoms with Crippen LogP contribution in [0, 0.1) is 0 Å². The third-order valence-electron chi connectivity index (χ3n) is 5.10. The summed E-state index contributed by atoms with van der Waals surface area (Å²) < 4.78 is 77.7. The fourth-order valence-corrected chi connectivity index (χ4v) is 3.70. The number of benzene rings is 1. The van der Waals surface area contributed by atoms with Crippen molar-refractivity contribution in [2.45, 2.75) is 50.7 Å². The maximum atomic E-state index is 12.6. The number of carbonyl (C=O) groups is 1. The van der Waals surface area contributed by atoms with Crippen LogP contribution >= 0.6 is 0 Å². The minimum atomic E-state index is -4.69. The third-order valence-corrected chi connectivity index (χ3v) is 5.10. The average Bonchev–Trinajstić information content (AvgIpc) is 3.25. The molecule has 1 aromatic carbocycles. The second-order valence-corrected chi connectivity index (χ2v) is 7.60. The molecule has 1 N–H and O–H groups in total. The van der Waals surface area contributed by atoms with Gasteiger partial charge in [0.2, 0.25) is 12.3 Å². The average molecular weight is 461 g/mol. The lowest BCUT2D eigenvalue weighted by Crippen LogP contribution is -2.43. The van der Waals surface area contributed by atoms with E-state index in [4.69, 9.17) is 9.47 Å². The zero-order chi connectivity index (χ0) is 22.9. The van der Waals surface area contributed by atoms with Gasteiger partial charge < -0.3 is 14.8 Å². The minimum absolute atomic E-state index is 0.0246. The highest BCUT2D eigenvalue weighted by molar-refractivity contribution is 5.92. The summed E-state index contributed by atoms with van der Waals surface area (Å²) in [5.74, 6) is 0.422. The third kappa shape index (κ3) is 5.47. The summed E-state index contributed by atoms with van der Waals surface area (Å²) in [5, 5.41) is 6.95. The summed E-state index contributed by atoms with van der Waals surface area (Å²) in [4.78, 5) is 12.6. The molecule has 0 saturated heterocycles. The van der Waals surface area contributed by atoms with Crippen molar-refractivity contribution in [2.24, 2.45) is 0 Å². The molecular weight excluding hydrogens is 441 g/mol. The van der Waals surface area contributed by atoms with Crippen LogP contribution < -0.4 is 14.8 Å². The number of alkyl halides is 5. The Balaban J connectivity index is 1.30. The lowest BCUT2D eigenvalue weighted by atomic mass is 9.99. The Hall–Kier alpha value is -2.89. The first kappa shape index (κ1) is 22.3. The number of fused-ring (bicyclic) bond motifs is 2. The normalized spacial score (nSPS) is 19.8. The van der Waals surface area contributed by atoms with Gasteiger partial charge in [0.25, 0.3) is 5.91 Å². The quantitative estimate of drug-likeness (QED) is 0.642. The molecule has 2 aromatic rings. The van der Waals surface area contributed by atoms with Gasteiger partial charge in [0.15, 0.2) is 5.69 Å². The zero-order valence-corrected chi connectivity index (χ0v) is 16.7. The van der Waals surface area contributed by atoms with Crippen molar-refractivity contribution in [2.75, 3.05) is 13.2 Å². The molecular formula is C20H20F5N3O4. The number of ether oxygens (including phenoxy) is 3. The Morgan fingerprint density at radius 2 is 2.12 bits per heavy atom. The van der Waals surface area contributed by atoms with Crippen molar-refractivity contribution in [1.29, 1.82) is 0 Å². The fourth-order valence-electron chi connectivity index (χ4n) is 3.70. The number of halogens is 5. The highest BCUT2D eigenvalue weighted by atomic mass is 19.4. The Morgan fingerprint density at radius 1 is 1.31 bits per heavy atom. The lowest BCUT2D eigenvalue weighted by Gasteiger charge is -2.26. The Bertz CT molecular complexity index is 955. The summed E-state index contributed by atoms with van der Waals surface area (Å²) in [5.41, 5.74) is 1.33. The van der Waals surface area contributed by atoms with Gasteiger partial charge in [-0.05, 0) is 23.6 Å². The standard InChI is InChI=1S/C20H20F5N3O4/c21-17(22)6-11-1-2-16-12(5-11)7-13(10-30-16)26-19(29)15-8-18-28(27-15)9-14(32-18)3-4-31-20(23,24)25/h1-2,5,8,13-14,17H,3-4,6-7,9-10H2,(H,26,29)/t13-,14+/m1/s1. The van der Waals surface area contributed by atoms with E-state index < -0.39 is 31.4 Å². The number of rotatable bonds is 7. The van der Waals surface area contributed by atoms with Gasteiger partial charge in [-0.15, -0.1) is 13.2 Å². The van der Waals surface area contributed by atoms with Gasteiger partial charge in [-0.3, -0.25) is 9.53 Å². The van der Waals surface area contributed by atoms with Gasteiger partial charge >= 0.3 is 6.36 Å². The summed E-state index contributed by atoms with van der Waals surface area (Å²) in [6, 6.07) is 5.94. The SMILES string of the molecule is O=C(N[C@H]1COc2ccc(CC(F)F)cc2C1)c1cc2n(n1)C[C@H](CCOC(F)(F)F)O2. The second-order valence-electron chi connectivity index (χ2n) is 7.60. The molecule has 0 fully saturated rings. The van der Waals surface area contributed by atoms with E-state index in [1.165, 1.54) is 10.7 Å². The zero-order valence-electron chi connectivity index (χ0n) is 16.7. The molecule has 32 heavy (non-hydrogen) atoms. The molecule has 2 aliphatic rings. The van der Waals surface area contributed by atoms with Gasteiger partial charge in [-0.1, -0.05) is 12.1 Å². The fraction of sp³-hybridized carbons (Fsp3) is 0.500.